The van der Waals surface area contributed by atoms with Gasteiger partial charge in [0.1, 0.15) is 12.2 Å². The molecule has 0 saturated carbocycles. The van der Waals surface area contributed by atoms with E-state index >= 15 is 0 Å². The Morgan fingerprint density at radius 3 is 2.82 bits per heavy atom. The van der Waals surface area contributed by atoms with Crippen molar-refractivity contribution in [2.24, 2.45) is 14.1 Å². The lowest BCUT2D eigenvalue weighted by Crippen LogP contribution is -2.24. The Hall–Kier alpha value is -1.69. The normalized spacial score (nSPS) is 12.9. The zero-order chi connectivity index (χ0) is 12.3. The molecule has 6 heteroatoms. The summed E-state index contributed by atoms with van der Waals surface area (Å²) in [5.74, 6) is 0.995. The largest absolute Gasteiger partial charge is 0.321 e. The van der Waals surface area contributed by atoms with Crippen LogP contribution in [-0.2, 0) is 20.5 Å². The molecule has 1 N–H and O–H groups in total. The first-order chi connectivity index (χ1) is 8.18. The summed E-state index contributed by atoms with van der Waals surface area (Å²) in [5.41, 5.74) is 1.18. The third-order valence-corrected chi connectivity index (χ3v) is 2.91. The second kappa shape index (κ2) is 5.09. The van der Waals surface area contributed by atoms with Gasteiger partial charge in [0.15, 0.2) is 0 Å². The zero-order valence-corrected chi connectivity index (χ0v) is 10.5. The Kier molecular flexibility index (Phi) is 3.53. The van der Waals surface area contributed by atoms with Gasteiger partial charge in [0.2, 0.25) is 0 Å². The van der Waals surface area contributed by atoms with Gasteiger partial charge in [-0.15, -0.1) is 10.2 Å². The van der Waals surface area contributed by atoms with E-state index in [-0.39, 0.29) is 6.04 Å². The molecule has 2 aromatic heterocycles. The maximum absolute atomic E-state index is 4.16. The molecule has 0 aliphatic heterocycles. The summed E-state index contributed by atoms with van der Waals surface area (Å²) >= 11 is 0. The first-order valence-electron chi connectivity index (χ1n) is 5.72. The van der Waals surface area contributed by atoms with Gasteiger partial charge in [0.05, 0.1) is 5.69 Å². The predicted molar refractivity (Wildman–Crippen MR) is 64.3 cm³/mol. The highest BCUT2D eigenvalue weighted by Crippen LogP contribution is 2.09. The average molecular weight is 234 g/mol. The molecule has 2 heterocycles. The summed E-state index contributed by atoms with van der Waals surface area (Å²) in [6, 6.07) is 2.32. The number of nitrogens with zero attached hydrogens (tertiary/aromatic N) is 5. The Morgan fingerprint density at radius 1 is 1.41 bits per heavy atom. The molecule has 0 amide bonds. The van der Waals surface area contributed by atoms with Crippen LogP contribution in [0.25, 0.3) is 0 Å². The van der Waals surface area contributed by atoms with E-state index in [0.717, 1.165) is 18.8 Å². The van der Waals surface area contributed by atoms with E-state index in [1.54, 1.807) is 6.33 Å². The van der Waals surface area contributed by atoms with E-state index in [4.69, 9.17) is 0 Å². The van der Waals surface area contributed by atoms with E-state index in [1.807, 2.05) is 35.6 Å². The number of aromatic nitrogens is 5. The number of hydrogen-bond acceptors (Lipinski definition) is 4. The fourth-order valence-corrected chi connectivity index (χ4v) is 1.85. The van der Waals surface area contributed by atoms with Gasteiger partial charge in [0, 0.05) is 39.3 Å². The summed E-state index contributed by atoms with van der Waals surface area (Å²) < 4.78 is 3.83. The Balaban J connectivity index is 1.83. The molecule has 2 aromatic rings. The smallest absolute Gasteiger partial charge is 0.133 e. The second-order valence-corrected chi connectivity index (χ2v) is 4.16. The molecule has 0 aromatic carbocycles. The number of hydrogen-bond donors (Lipinski definition) is 1. The van der Waals surface area contributed by atoms with Gasteiger partial charge in [0.25, 0.3) is 0 Å². The minimum Gasteiger partial charge on any atom is -0.321 e. The van der Waals surface area contributed by atoms with E-state index in [1.165, 1.54) is 5.69 Å². The molecule has 6 nitrogen and oxygen atoms in total. The Labute approximate surface area is 101 Å². The van der Waals surface area contributed by atoms with Crippen molar-refractivity contribution in [2.75, 3.05) is 6.54 Å². The Morgan fingerprint density at radius 2 is 2.24 bits per heavy atom. The van der Waals surface area contributed by atoms with Gasteiger partial charge in [-0.25, -0.2) is 0 Å². The van der Waals surface area contributed by atoms with Gasteiger partial charge in [-0.1, -0.05) is 0 Å². The third-order valence-electron chi connectivity index (χ3n) is 2.91. The number of aryl methyl sites for hydroxylation is 2. The van der Waals surface area contributed by atoms with Crippen LogP contribution in [0.5, 0.6) is 0 Å². The standard InChI is InChI=1S/C11H18N6/c1-9(10-4-7-14-17(10)3)12-6-5-11-15-13-8-16(11)2/h4,7-9,12H,5-6H2,1-3H3. The molecule has 0 aliphatic rings. The summed E-state index contributed by atoms with van der Waals surface area (Å²) in [6.07, 6.45) is 4.41. The summed E-state index contributed by atoms with van der Waals surface area (Å²) in [7, 11) is 3.91. The van der Waals surface area contributed by atoms with Crippen LogP contribution in [0.15, 0.2) is 18.6 Å². The lowest BCUT2D eigenvalue weighted by atomic mass is 10.2. The summed E-state index contributed by atoms with van der Waals surface area (Å²) in [4.78, 5) is 0. The highest BCUT2D eigenvalue weighted by atomic mass is 15.3. The third kappa shape index (κ3) is 2.71. The van der Waals surface area contributed by atoms with E-state index in [2.05, 4.69) is 27.5 Å². The topological polar surface area (TPSA) is 60.6 Å². The van der Waals surface area contributed by atoms with Crippen molar-refractivity contribution in [3.8, 4) is 0 Å². The van der Waals surface area contributed by atoms with Gasteiger partial charge >= 0.3 is 0 Å². The van der Waals surface area contributed by atoms with Gasteiger partial charge < -0.3 is 9.88 Å². The molecule has 17 heavy (non-hydrogen) atoms. The minimum absolute atomic E-state index is 0.288. The quantitative estimate of drug-likeness (QED) is 0.815. The van der Waals surface area contributed by atoms with Crippen molar-refractivity contribution >= 4 is 0 Å². The summed E-state index contributed by atoms with van der Waals surface area (Å²) in [6.45, 7) is 3.01. The van der Waals surface area contributed by atoms with Crippen LogP contribution >= 0.6 is 0 Å². The molecular weight excluding hydrogens is 216 g/mol. The van der Waals surface area contributed by atoms with E-state index in [0.29, 0.717) is 0 Å². The van der Waals surface area contributed by atoms with Crippen LogP contribution in [0.1, 0.15) is 24.5 Å². The molecule has 0 radical (unpaired) electrons. The average Bonchev–Trinajstić information content (AvgIpc) is 2.88. The molecule has 0 bridgehead atoms. The molecule has 1 atom stereocenters. The van der Waals surface area contributed by atoms with Gasteiger partial charge in [-0.3, -0.25) is 4.68 Å². The predicted octanol–water partition coefficient (Wildman–Crippen LogP) is 0.442. The maximum Gasteiger partial charge on any atom is 0.133 e. The highest BCUT2D eigenvalue weighted by Gasteiger charge is 2.08. The molecule has 2 rings (SSSR count). The van der Waals surface area contributed by atoms with Crippen LogP contribution in [0.2, 0.25) is 0 Å². The molecule has 92 valence electrons. The molecule has 0 fully saturated rings. The fourth-order valence-electron chi connectivity index (χ4n) is 1.85. The molecule has 0 saturated heterocycles. The zero-order valence-electron chi connectivity index (χ0n) is 10.5. The highest BCUT2D eigenvalue weighted by molar-refractivity contribution is 5.05. The molecule has 1 unspecified atom stereocenters. The van der Waals surface area contributed by atoms with Crippen molar-refractivity contribution in [1.82, 2.24) is 29.9 Å². The van der Waals surface area contributed by atoms with Gasteiger partial charge in [-0.05, 0) is 13.0 Å². The van der Waals surface area contributed by atoms with E-state index in [9.17, 15) is 0 Å². The SMILES string of the molecule is CC(NCCc1nncn1C)c1ccnn1C. The summed E-state index contributed by atoms with van der Waals surface area (Å²) in [5, 5.41) is 15.5. The van der Waals surface area contributed by atoms with Crippen molar-refractivity contribution in [2.45, 2.75) is 19.4 Å². The van der Waals surface area contributed by atoms with Crippen molar-refractivity contribution in [3.05, 3.63) is 30.1 Å². The second-order valence-electron chi connectivity index (χ2n) is 4.16. The van der Waals surface area contributed by atoms with Crippen molar-refractivity contribution in [1.29, 1.82) is 0 Å². The number of rotatable bonds is 5. The molecule has 0 aliphatic carbocycles. The lowest BCUT2D eigenvalue weighted by Gasteiger charge is -2.13. The first-order valence-corrected chi connectivity index (χ1v) is 5.72. The monoisotopic (exact) mass is 234 g/mol. The lowest BCUT2D eigenvalue weighted by molar-refractivity contribution is 0.526. The minimum atomic E-state index is 0.288. The van der Waals surface area contributed by atoms with Gasteiger partial charge in [-0.2, -0.15) is 5.10 Å². The molecule has 0 spiro atoms. The Bertz CT molecular complexity index is 472. The van der Waals surface area contributed by atoms with Crippen LogP contribution in [0, 0.1) is 0 Å². The molecular formula is C11H18N6. The van der Waals surface area contributed by atoms with Crippen LogP contribution < -0.4 is 5.32 Å². The van der Waals surface area contributed by atoms with Crippen LogP contribution in [0.3, 0.4) is 0 Å². The van der Waals surface area contributed by atoms with Crippen molar-refractivity contribution in [3.63, 3.8) is 0 Å². The first kappa shape index (κ1) is 11.8. The van der Waals surface area contributed by atoms with Crippen LogP contribution in [-0.4, -0.2) is 31.1 Å². The van der Waals surface area contributed by atoms with Crippen LogP contribution in [0.4, 0.5) is 0 Å². The van der Waals surface area contributed by atoms with E-state index < -0.39 is 0 Å². The fraction of sp³-hybridized carbons (Fsp3) is 0.545. The maximum atomic E-state index is 4.16. The van der Waals surface area contributed by atoms with Crippen molar-refractivity contribution < 1.29 is 0 Å². The number of nitrogens with one attached hydrogen (secondary N) is 1.